The lowest BCUT2D eigenvalue weighted by molar-refractivity contribution is -0.576. The Bertz CT molecular complexity index is 1560. The number of benzene rings is 1. The molecule has 4 aromatic rings. The summed E-state index contributed by atoms with van der Waals surface area (Å²) >= 11 is 6.11. The van der Waals surface area contributed by atoms with Crippen LogP contribution in [0.3, 0.4) is 0 Å². The number of aliphatic hydroxyl groups excluding tert-OH is 1. The molecule has 3 N–H and O–H groups in total. The number of carbonyl (C=O) groups is 1. The van der Waals surface area contributed by atoms with Gasteiger partial charge in [0, 0.05) is 47.8 Å². The van der Waals surface area contributed by atoms with Gasteiger partial charge in [0.25, 0.3) is 0 Å². The molecule has 228 valence electrons. The first-order valence-electron chi connectivity index (χ1n) is 14.9. The second-order valence-corrected chi connectivity index (χ2v) is 13.1. The molecule has 0 radical (unpaired) electrons. The number of nitrogens with zero attached hydrogens (tertiary/aromatic N) is 6. The SMILES string of the molecule is CC(C)(C)OC(=O)N1CCC(n2cc(Nc3nc4c(N5CCC(CO)(c6ccc(Cl)cc6)CC5)ccc[n+]4[nH]3)cn2)CC1. The molecule has 3 aromatic heterocycles. The van der Waals surface area contributed by atoms with Crippen molar-refractivity contribution in [2.75, 3.05) is 43.0 Å². The molecular formula is C31H40ClN8O3+. The largest absolute Gasteiger partial charge is 0.444 e. The number of ether oxygens (including phenoxy) is 1. The number of aromatic amines is 1. The van der Waals surface area contributed by atoms with Crippen molar-refractivity contribution in [2.45, 2.75) is 63.5 Å². The van der Waals surface area contributed by atoms with E-state index in [1.165, 1.54) is 0 Å². The van der Waals surface area contributed by atoms with Gasteiger partial charge in [-0.1, -0.05) is 23.7 Å². The van der Waals surface area contributed by atoms with Crippen LogP contribution in [0.1, 0.15) is 58.1 Å². The number of likely N-dealkylation sites (tertiary alicyclic amines) is 1. The van der Waals surface area contributed by atoms with Crippen LogP contribution >= 0.6 is 11.6 Å². The number of carbonyl (C=O) groups excluding carboxylic acids is 1. The maximum absolute atomic E-state index is 12.4. The average molecular weight is 608 g/mol. The van der Waals surface area contributed by atoms with E-state index in [0.717, 1.165) is 61.4 Å². The molecule has 1 aromatic carbocycles. The quantitative estimate of drug-likeness (QED) is 0.269. The zero-order valence-corrected chi connectivity index (χ0v) is 25.7. The number of rotatable bonds is 6. The van der Waals surface area contributed by atoms with E-state index in [9.17, 15) is 9.90 Å². The van der Waals surface area contributed by atoms with E-state index in [4.69, 9.17) is 21.3 Å². The molecule has 2 aliphatic rings. The van der Waals surface area contributed by atoms with Crippen molar-refractivity contribution in [1.29, 1.82) is 0 Å². The predicted molar refractivity (Wildman–Crippen MR) is 165 cm³/mol. The summed E-state index contributed by atoms with van der Waals surface area (Å²) in [6, 6.07) is 12.2. The predicted octanol–water partition coefficient (Wildman–Crippen LogP) is 4.84. The normalized spacial score (nSPS) is 17.8. The summed E-state index contributed by atoms with van der Waals surface area (Å²) in [7, 11) is 0. The van der Waals surface area contributed by atoms with Gasteiger partial charge < -0.3 is 19.6 Å². The lowest BCUT2D eigenvalue weighted by atomic mass is 9.73. The maximum Gasteiger partial charge on any atom is 0.410 e. The molecule has 0 aliphatic carbocycles. The topological polar surface area (TPSA) is 116 Å². The summed E-state index contributed by atoms with van der Waals surface area (Å²) in [5.41, 5.74) is 3.07. The van der Waals surface area contributed by atoms with E-state index >= 15 is 0 Å². The molecule has 2 fully saturated rings. The van der Waals surface area contributed by atoms with E-state index in [0.29, 0.717) is 24.1 Å². The smallest absolute Gasteiger partial charge is 0.410 e. The molecule has 1 amide bonds. The fourth-order valence-corrected chi connectivity index (χ4v) is 6.26. The molecule has 0 atom stereocenters. The standard InChI is InChI=1S/C31H39ClN8O3/c1-30(2,3)43-29(42)38-15-10-25(11-16-38)40-20-24(19-33-40)34-28-35-27-26(5-4-14-39(27)36-28)37-17-12-31(21-41,13-18-37)22-6-8-23(32)9-7-22/h4-9,14,19-20,25,41H,10-13,15-18,21H2,1-3H3,(H,34,36)/p+1. The first-order valence-corrected chi connectivity index (χ1v) is 15.3. The van der Waals surface area contributed by atoms with E-state index < -0.39 is 5.60 Å². The second-order valence-electron chi connectivity index (χ2n) is 12.6. The third-order valence-electron chi connectivity index (χ3n) is 8.57. The molecule has 2 aliphatic heterocycles. The second kappa shape index (κ2) is 11.7. The molecule has 0 saturated carbocycles. The number of pyridine rings is 1. The van der Waals surface area contributed by atoms with Crippen LogP contribution in [-0.2, 0) is 10.2 Å². The van der Waals surface area contributed by atoms with E-state index in [1.54, 1.807) is 11.1 Å². The zero-order valence-electron chi connectivity index (χ0n) is 25.0. The highest BCUT2D eigenvalue weighted by molar-refractivity contribution is 6.30. The van der Waals surface area contributed by atoms with Crippen LogP contribution in [-0.4, -0.2) is 74.3 Å². The lowest BCUT2D eigenvalue weighted by Gasteiger charge is -2.41. The summed E-state index contributed by atoms with van der Waals surface area (Å²) in [5, 5.41) is 22.4. The number of amides is 1. The van der Waals surface area contributed by atoms with Gasteiger partial charge in [0.05, 0.1) is 24.5 Å². The van der Waals surface area contributed by atoms with E-state index in [-0.39, 0.29) is 24.2 Å². The Morgan fingerprint density at radius 2 is 1.88 bits per heavy atom. The van der Waals surface area contributed by atoms with Crippen molar-refractivity contribution < 1.29 is 19.2 Å². The molecule has 6 rings (SSSR count). The van der Waals surface area contributed by atoms with Crippen LogP contribution in [0.25, 0.3) is 5.65 Å². The van der Waals surface area contributed by atoms with Gasteiger partial charge in [-0.05, 0) is 76.3 Å². The van der Waals surface area contributed by atoms with E-state index in [1.807, 2.05) is 72.7 Å². The number of H-pyrrole nitrogens is 1. The van der Waals surface area contributed by atoms with Crippen molar-refractivity contribution in [3.63, 3.8) is 0 Å². The van der Waals surface area contributed by atoms with E-state index in [2.05, 4.69) is 26.5 Å². The number of aromatic nitrogens is 5. The van der Waals surface area contributed by atoms with Gasteiger partial charge in [0.15, 0.2) is 0 Å². The first-order chi connectivity index (χ1) is 20.6. The van der Waals surface area contributed by atoms with Gasteiger partial charge in [0.2, 0.25) is 0 Å². The van der Waals surface area contributed by atoms with Crippen LogP contribution < -0.4 is 14.7 Å². The van der Waals surface area contributed by atoms with Gasteiger partial charge in [-0.3, -0.25) is 10.00 Å². The number of nitrogens with one attached hydrogen (secondary N) is 2. The van der Waals surface area contributed by atoms with Crippen molar-refractivity contribution in [3.8, 4) is 0 Å². The summed E-state index contributed by atoms with van der Waals surface area (Å²) < 4.78 is 9.41. The minimum atomic E-state index is -0.496. The van der Waals surface area contributed by atoms with Crippen LogP contribution in [0.15, 0.2) is 55.0 Å². The van der Waals surface area contributed by atoms with Gasteiger partial charge in [-0.25, -0.2) is 4.79 Å². The highest BCUT2D eigenvalue weighted by Crippen LogP contribution is 2.37. The van der Waals surface area contributed by atoms with Gasteiger partial charge in [-0.15, -0.1) is 4.52 Å². The van der Waals surface area contributed by atoms with Crippen molar-refractivity contribution in [2.24, 2.45) is 0 Å². The van der Waals surface area contributed by atoms with Crippen LogP contribution in [0, 0.1) is 0 Å². The summed E-state index contributed by atoms with van der Waals surface area (Å²) in [5.74, 6) is 0.620. The number of anilines is 3. The molecule has 43 heavy (non-hydrogen) atoms. The Balaban J connectivity index is 1.10. The number of piperidine rings is 2. The fraction of sp³-hybridized carbons (Fsp3) is 0.484. The Morgan fingerprint density at radius 3 is 2.56 bits per heavy atom. The van der Waals surface area contributed by atoms with Crippen LogP contribution in [0.2, 0.25) is 5.02 Å². The highest BCUT2D eigenvalue weighted by atomic mass is 35.5. The minimum absolute atomic E-state index is 0.106. The van der Waals surface area contributed by atoms with Gasteiger partial charge in [0.1, 0.15) is 17.5 Å². The monoisotopic (exact) mass is 607 g/mol. The number of aliphatic hydroxyl groups is 1. The van der Waals surface area contributed by atoms with Crippen LogP contribution in [0.4, 0.5) is 22.1 Å². The molecule has 0 bridgehead atoms. The van der Waals surface area contributed by atoms with Crippen molar-refractivity contribution in [1.82, 2.24) is 24.8 Å². The number of halogens is 1. The molecule has 2 saturated heterocycles. The van der Waals surface area contributed by atoms with Crippen molar-refractivity contribution >= 4 is 40.7 Å². The maximum atomic E-state index is 12.4. The molecular weight excluding hydrogens is 568 g/mol. The number of hydrogen-bond acceptors (Lipinski definition) is 7. The van der Waals surface area contributed by atoms with Crippen molar-refractivity contribution in [3.05, 3.63) is 65.6 Å². The highest BCUT2D eigenvalue weighted by Gasteiger charge is 2.37. The van der Waals surface area contributed by atoms with Gasteiger partial charge in [-0.2, -0.15) is 10.2 Å². The summed E-state index contributed by atoms with van der Waals surface area (Å²) in [6.07, 6.45) is 8.78. The van der Waals surface area contributed by atoms with Gasteiger partial charge >= 0.3 is 17.7 Å². The third-order valence-corrected chi connectivity index (χ3v) is 8.82. The summed E-state index contributed by atoms with van der Waals surface area (Å²) in [4.78, 5) is 21.4. The first kappa shape index (κ1) is 29.3. The molecule has 5 heterocycles. The Hall–Kier alpha value is -3.83. The minimum Gasteiger partial charge on any atom is -0.444 e. The Kier molecular flexibility index (Phi) is 7.95. The molecule has 0 spiro atoms. The summed E-state index contributed by atoms with van der Waals surface area (Å²) in [6.45, 7) is 8.65. The Labute approximate surface area is 256 Å². The average Bonchev–Trinajstić information content (AvgIpc) is 3.64. The number of fused-ring (bicyclic) bond motifs is 1. The molecule has 11 nitrogen and oxygen atoms in total. The molecule has 12 heteroatoms. The third kappa shape index (κ3) is 6.28. The van der Waals surface area contributed by atoms with Crippen LogP contribution in [0.5, 0.6) is 0 Å². The Morgan fingerprint density at radius 1 is 1.16 bits per heavy atom. The molecule has 0 unspecified atom stereocenters. The zero-order chi connectivity index (χ0) is 30.2. The number of hydrogen-bond donors (Lipinski definition) is 3. The lowest BCUT2D eigenvalue weighted by Crippen LogP contribution is -2.45. The fourth-order valence-electron chi connectivity index (χ4n) is 6.13.